The largest absolute Gasteiger partial charge is 0.497 e. The predicted octanol–water partition coefficient (Wildman–Crippen LogP) is 1.41. The molecule has 6 nitrogen and oxygen atoms in total. The maximum absolute atomic E-state index is 11.9. The number of carbonyl (C=O) groups excluding carboxylic acids is 3. The Labute approximate surface area is 129 Å². The lowest BCUT2D eigenvalue weighted by molar-refractivity contribution is -0.138. The average molecular weight is 304 g/mol. The number of hydrogen-bond acceptors (Lipinski definition) is 4. The summed E-state index contributed by atoms with van der Waals surface area (Å²) in [5, 5.41) is 2.86. The summed E-state index contributed by atoms with van der Waals surface area (Å²) in [5.74, 6) is 0.186. The Morgan fingerprint density at radius 2 is 1.82 bits per heavy atom. The van der Waals surface area contributed by atoms with Gasteiger partial charge in [-0.15, -0.1) is 0 Å². The molecule has 0 radical (unpaired) electrons. The van der Waals surface area contributed by atoms with Gasteiger partial charge in [0, 0.05) is 25.8 Å². The lowest BCUT2D eigenvalue weighted by Crippen LogP contribution is -2.34. The Hall–Kier alpha value is -2.37. The van der Waals surface area contributed by atoms with Gasteiger partial charge in [-0.2, -0.15) is 0 Å². The minimum Gasteiger partial charge on any atom is -0.497 e. The van der Waals surface area contributed by atoms with Gasteiger partial charge in [-0.25, -0.2) is 0 Å². The summed E-state index contributed by atoms with van der Waals surface area (Å²) in [4.78, 5) is 36.0. The molecule has 118 valence electrons. The minimum absolute atomic E-state index is 0.123. The molecule has 1 aromatic rings. The molecule has 1 N–H and O–H groups in total. The molecule has 22 heavy (non-hydrogen) atoms. The first-order valence-corrected chi connectivity index (χ1v) is 7.27. The maximum atomic E-state index is 11.9. The predicted molar refractivity (Wildman–Crippen MR) is 80.1 cm³/mol. The lowest BCUT2D eigenvalue weighted by atomic mass is 10.1. The quantitative estimate of drug-likeness (QED) is 0.806. The first kappa shape index (κ1) is 16.0. The van der Waals surface area contributed by atoms with Crippen LogP contribution >= 0.6 is 0 Å². The molecule has 0 bridgehead atoms. The van der Waals surface area contributed by atoms with E-state index in [4.69, 9.17) is 4.74 Å². The Balaban J connectivity index is 1.83. The number of benzene rings is 1. The number of ether oxygens (including phenoxy) is 1. The van der Waals surface area contributed by atoms with E-state index in [9.17, 15) is 14.4 Å². The molecule has 1 aromatic carbocycles. The Bertz CT molecular complexity index is 552. The topological polar surface area (TPSA) is 75.7 Å². The number of amides is 3. The van der Waals surface area contributed by atoms with E-state index in [0.29, 0.717) is 0 Å². The normalized spacial score (nSPS) is 15.8. The molecule has 1 atom stereocenters. The fourth-order valence-electron chi connectivity index (χ4n) is 2.38. The monoisotopic (exact) mass is 304 g/mol. The van der Waals surface area contributed by atoms with Gasteiger partial charge in [0.25, 0.3) is 0 Å². The molecule has 6 heteroatoms. The lowest BCUT2D eigenvalue weighted by Gasteiger charge is -2.17. The molecule has 0 aromatic heterocycles. The van der Waals surface area contributed by atoms with Crippen molar-refractivity contribution in [3.63, 3.8) is 0 Å². The van der Waals surface area contributed by atoms with Gasteiger partial charge in [-0.1, -0.05) is 12.1 Å². The van der Waals surface area contributed by atoms with Crippen LogP contribution in [-0.2, 0) is 14.4 Å². The number of carbonyl (C=O) groups is 3. The summed E-state index contributed by atoms with van der Waals surface area (Å²) in [6.07, 6.45) is 0.628. The second-order valence-electron chi connectivity index (χ2n) is 5.25. The van der Waals surface area contributed by atoms with Gasteiger partial charge in [0.1, 0.15) is 5.75 Å². The van der Waals surface area contributed by atoms with E-state index < -0.39 is 0 Å². The molecule has 1 aliphatic heterocycles. The highest BCUT2D eigenvalue weighted by atomic mass is 16.5. The van der Waals surface area contributed by atoms with Gasteiger partial charge < -0.3 is 10.1 Å². The highest BCUT2D eigenvalue weighted by Gasteiger charge is 2.28. The molecule has 2 rings (SSSR count). The Kier molecular flexibility index (Phi) is 5.14. The van der Waals surface area contributed by atoms with Gasteiger partial charge >= 0.3 is 0 Å². The van der Waals surface area contributed by atoms with E-state index in [-0.39, 0.29) is 49.6 Å². The van der Waals surface area contributed by atoms with Crippen LogP contribution in [0.4, 0.5) is 0 Å². The van der Waals surface area contributed by atoms with Crippen molar-refractivity contribution in [3.8, 4) is 5.75 Å². The number of rotatable bonds is 6. The van der Waals surface area contributed by atoms with Crippen LogP contribution in [0.5, 0.6) is 5.75 Å². The third-order valence-electron chi connectivity index (χ3n) is 3.71. The highest BCUT2D eigenvalue weighted by molar-refractivity contribution is 6.02. The standard InChI is InChI=1S/C16H20N2O4/c1-11(12-3-5-13(22-2)6-4-12)17-14(19)9-10-18-15(20)7-8-16(18)21/h3-6,11H,7-10H2,1-2H3,(H,17,19). The molecular formula is C16H20N2O4. The number of imide groups is 1. The molecule has 0 saturated carbocycles. The summed E-state index contributed by atoms with van der Waals surface area (Å²) < 4.78 is 5.09. The van der Waals surface area contributed by atoms with Crippen LogP contribution in [0.3, 0.4) is 0 Å². The first-order valence-electron chi connectivity index (χ1n) is 7.27. The van der Waals surface area contributed by atoms with E-state index in [1.54, 1.807) is 7.11 Å². The molecule has 0 aliphatic carbocycles. The summed E-state index contributed by atoms with van der Waals surface area (Å²) in [6.45, 7) is 2.03. The fourth-order valence-corrected chi connectivity index (χ4v) is 2.38. The van der Waals surface area contributed by atoms with E-state index in [2.05, 4.69) is 5.32 Å². The van der Waals surface area contributed by atoms with E-state index in [1.807, 2.05) is 31.2 Å². The van der Waals surface area contributed by atoms with Gasteiger partial charge in [0.2, 0.25) is 17.7 Å². The summed E-state index contributed by atoms with van der Waals surface area (Å²) in [5.41, 5.74) is 0.961. The molecule has 1 fully saturated rings. The summed E-state index contributed by atoms with van der Waals surface area (Å²) in [6, 6.07) is 7.29. The summed E-state index contributed by atoms with van der Waals surface area (Å²) >= 11 is 0. The van der Waals surface area contributed by atoms with Crippen molar-refractivity contribution in [2.45, 2.75) is 32.2 Å². The van der Waals surface area contributed by atoms with Crippen molar-refractivity contribution in [1.29, 1.82) is 0 Å². The van der Waals surface area contributed by atoms with Crippen LogP contribution in [-0.4, -0.2) is 36.3 Å². The van der Waals surface area contributed by atoms with Crippen molar-refractivity contribution in [1.82, 2.24) is 10.2 Å². The number of methoxy groups -OCH3 is 1. The zero-order chi connectivity index (χ0) is 16.1. The Morgan fingerprint density at radius 3 is 2.36 bits per heavy atom. The van der Waals surface area contributed by atoms with Crippen LogP contribution in [0.15, 0.2) is 24.3 Å². The highest BCUT2D eigenvalue weighted by Crippen LogP contribution is 2.17. The molecule has 1 heterocycles. The number of likely N-dealkylation sites (tertiary alicyclic amines) is 1. The van der Waals surface area contributed by atoms with Gasteiger partial charge in [-0.05, 0) is 24.6 Å². The SMILES string of the molecule is COc1ccc(C(C)NC(=O)CCN2C(=O)CCC2=O)cc1. The van der Waals surface area contributed by atoms with Crippen LogP contribution < -0.4 is 10.1 Å². The first-order chi connectivity index (χ1) is 10.5. The number of nitrogens with one attached hydrogen (secondary N) is 1. The van der Waals surface area contributed by atoms with Crippen LogP contribution in [0.2, 0.25) is 0 Å². The van der Waals surface area contributed by atoms with Crippen molar-refractivity contribution in [3.05, 3.63) is 29.8 Å². The van der Waals surface area contributed by atoms with Gasteiger partial charge in [-0.3, -0.25) is 19.3 Å². The van der Waals surface area contributed by atoms with E-state index in [0.717, 1.165) is 16.2 Å². The fraction of sp³-hybridized carbons (Fsp3) is 0.438. The smallest absolute Gasteiger partial charge is 0.229 e. The second-order valence-corrected chi connectivity index (χ2v) is 5.25. The summed E-state index contributed by atoms with van der Waals surface area (Å²) in [7, 11) is 1.60. The van der Waals surface area contributed by atoms with E-state index >= 15 is 0 Å². The number of nitrogens with zero attached hydrogens (tertiary/aromatic N) is 1. The molecule has 1 saturated heterocycles. The molecule has 1 aliphatic rings. The maximum Gasteiger partial charge on any atom is 0.229 e. The zero-order valence-corrected chi connectivity index (χ0v) is 12.8. The van der Waals surface area contributed by atoms with Gasteiger partial charge in [0.05, 0.1) is 13.2 Å². The zero-order valence-electron chi connectivity index (χ0n) is 12.8. The molecule has 1 unspecified atom stereocenters. The van der Waals surface area contributed by atoms with Gasteiger partial charge in [0.15, 0.2) is 0 Å². The van der Waals surface area contributed by atoms with E-state index in [1.165, 1.54) is 0 Å². The Morgan fingerprint density at radius 1 is 1.23 bits per heavy atom. The van der Waals surface area contributed by atoms with Crippen LogP contribution in [0, 0.1) is 0 Å². The van der Waals surface area contributed by atoms with Crippen molar-refractivity contribution in [2.24, 2.45) is 0 Å². The average Bonchev–Trinajstić information content (AvgIpc) is 2.84. The van der Waals surface area contributed by atoms with Crippen LogP contribution in [0.1, 0.15) is 37.8 Å². The molecular weight excluding hydrogens is 284 g/mol. The van der Waals surface area contributed by atoms with Crippen LogP contribution in [0.25, 0.3) is 0 Å². The molecule has 0 spiro atoms. The molecule has 3 amide bonds. The number of hydrogen-bond donors (Lipinski definition) is 1. The third kappa shape index (κ3) is 3.84. The minimum atomic E-state index is -0.194. The third-order valence-corrected chi connectivity index (χ3v) is 3.71. The van der Waals surface area contributed by atoms with Crippen molar-refractivity contribution >= 4 is 17.7 Å². The van der Waals surface area contributed by atoms with Crippen molar-refractivity contribution < 1.29 is 19.1 Å². The second kappa shape index (κ2) is 7.06. The van der Waals surface area contributed by atoms with Crippen molar-refractivity contribution in [2.75, 3.05) is 13.7 Å².